The van der Waals surface area contributed by atoms with Crippen molar-refractivity contribution >= 4 is 11.9 Å². The largest absolute Gasteiger partial charge is 0.479 e. The zero-order chi connectivity index (χ0) is 12.5. The SMILES string of the molecule is Cc1cc(F)c(C(=O)O)cc1C(O)C(=O)O. The van der Waals surface area contributed by atoms with Crippen LogP contribution in [-0.2, 0) is 4.79 Å². The lowest BCUT2D eigenvalue weighted by Crippen LogP contribution is -2.14. The van der Waals surface area contributed by atoms with Gasteiger partial charge >= 0.3 is 11.9 Å². The Morgan fingerprint density at radius 2 is 1.88 bits per heavy atom. The van der Waals surface area contributed by atoms with Gasteiger partial charge in [-0.2, -0.15) is 0 Å². The van der Waals surface area contributed by atoms with E-state index < -0.39 is 29.4 Å². The molecule has 6 heteroatoms. The molecule has 0 heterocycles. The predicted octanol–water partition coefficient (Wildman–Crippen LogP) is 0.950. The minimum absolute atomic E-state index is 0.133. The molecule has 0 spiro atoms. The Bertz CT molecular complexity index is 455. The molecular formula is C10H9FO5. The molecule has 1 atom stereocenters. The first-order chi connectivity index (χ1) is 7.34. The first kappa shape index (κ1) is 12.1. The third-order valence-corrected chi connectivity index (χ3v) is 2.11. The number of aliphatic carboxylic acids is 1. The van der Waals surface area contributed by atoms with Crippen LogP contribution in [0, 0.1) is 12.7 Å². The molecule has 0 radical (unpaired) electrons. The highest BCUT2D eigenvalue weighted by molar-refractivity contribution is 5.89. The van der Waals surface area contributed by atoms with E-state index in [2.05, 4.69) is 0 Å². The molecule has 5 nitrogen and oxygen atoms in total. The highest BCUT2D eigenvalue weighted by atomic mass is 19.1. The Balaban J connectivity index is 3.35. The number of carboxylic acids is 2. The van der Waals surface area contributed by atoms with E-state index in [0.717, 1.165) is 12.1 Å². The summed E-state index contributed by atoms with van der Waals surface area (Å²) in [6, 6.07) is 1.71. The van der Waals surface area contributed by atoms with E-state index in [9.17, 15) is 19.1 Å². The van der Waals surface area contributed by atoms with Gasteiger partial charge in [0.1, 0.15) is 5.82 Å². The average molecular weight is 228 g/mol. The summed E-state index contributed by atoms with van der Waals surface area (Å²) in [6.45, 7) is 1.39. The smallest absolute Gasteiger partial charge is 0.338 e. The molecule has 0 aliphatic heterocycles. The number of benzene rings is 1. The van der Waals surface area contributed by atoms with Crippen LogP contribution >= 0.6 is 0 Å². The molecule has 16 heavy (non-hydrogen) atoms. The van der Waals surface area contributed by atoms with Gasteiger partial charge < -0.3 is 15.3 Å². The molecule has 0 bridgehead atoms. The molecule has 1 aromatic carbocycles. The topological polar surface area (TPSA) is 94.8 Å². The lowest BCUT2D eigenvalue weighted by molar-refractivity contribution is -0.147. The van der Waals surface area contributed by atoms with Crippen molar-refractivity contribution in [2.75, 3.05) is 0 Å². The van der Waals surface area contributed by atoms with Gasteiger partial charge in [-0.3, -0.25) is 0 Å². The number of carboxylic acid groups (broad SMARTS) is 2. The Morgan fingerprint density at radius 3 is 2.31 bits per heavy atom. The van der Waals surface area contributed by atoms with Crippen molar-refractivity contribution in [3.05, 3.63) is 34.6 Å². The van der Waals surface area contributed by atoms with E-state index in [1.165, 1.54) is 6.92 Å². The van der Waals surface area contributed by atoms with Crippen LogP contribution in [0.4, 0.5) is 4.39 Å². The van der Waals surface area contributed by atoms with Crippen molar-refractivity contribution < 1.29 is 29.3 Å². The van der Waals surface area contributed by atoms with E-state index in [1.54, 1.807) is 0 Å². The summed E-state index contributed by atoms with van der Waals surface area (Å²) in [4.78, 5) is 21.1. The molecular weight excluding hydrogens is 219 g/mol. The van der Waals surface area contributed by atoms with Crippen molar-refractivity contribution in [3.63, 3.8) is 0 Å². The molecule has 3 N–H and O–H groups in total. The van der Waals surface area contributed by atoms with Crippen LogP contribution in [0.1, 0.15) is 27.6 Å². The van der Waals surface area contributed by atoms with Crippen LogP contribution < -0.4 is 0 Å². The summed E-state index contributed by atoms with van der Waals surface area (Å²) in [6.07, 6.45) is -1.86. The lowest BCUT2D eigenvalue weighted by atomic mass is 10.00. The first-order valence-corrected chi connectivity index (χ1v) is 4.28. The molecule has 0 aliphatic rings. The second kappa shape index (κ2) is 4.28. The predicted molar refractivity (Wildman–Crippen MR) is 50.7 cm³/mol. The Hall–Kier alpha value is -1.95. The standard InChI is InChI=1S/C10H9FO5/c1-4-2-7(11)6(9(13)14)3-5(4)8(12)10(15)16/h2-3,8,12H,1H3,(H,13,14)(H,15,16). The third kappa shape index (κ3) is 2.17. The van der Waals surface area contributed by atoms with Gasteiger partial charge in [0.25, 0.3) is 0 Å². The molecule has 86 valence electrons. The minimum atomic E-state index is -1.86. The van der Waals surface area contributed by atoms with Crippen LogP contribution in [0.3, 0.4) is 0 Å². The number of halogens is 1. The molecule has 0 saturated heterocycles. The van der Waals surface area contributed by atoms with Crippen molar-refractivity contribution in [3.8, 4) is 0 Å². The van der Waals surface area contributed by atoms with Gasteiger partial charge in [-0.1, -0.05) is 0 Å². The fourth-order valence-electron chi connectivity index (χ4n) is 1.28. The molecule has 0 amide bonds. The molecule has 0 fully saturated rings. The van der Waals surface area contributed by atoms with Crippen molar-refractivity contribution in [1.82, 2.24) is 0 Å². The van der Waals surface area contributed by atoms with E-state index in [4.69, 9.17) is 10.2 Å². The number of hydrogen-bond acceptors (Lipinski definition) is 3. The van der Waals surface area contributed by atoms with Gasteiger partial charge in [0.05, 0.1) is 5.56 Å². The van der Waals surface area contributed by atoms with E-state index in [0.29, 0.717) is 0 Å². The van der Waals surface area contributed by atoms with E-state index in [1.807, 2.05) is 0 Å². The van der Waals surface area contributed by atoms with Crippen LogP contribution in [-0.4, -0.2) is 27.3 Å². The van der Waals surface area contributed by atoms with Crippen molar-refractivity contribution in [2.24, 2.45) is 0 Å². The summed E-state index contributed by atoms with van der Waals surface area (Å²) in [5.41, 5.74) is -0.621. The fraction of sp³-hybridized carbons (Fsp3) is 0.200. The second-order valence-corrected chi connectivity index (χ2v) is 3.23. The highest BCUT2D eigenvalue weighted by Crippen LogP contribution is 2.22. The van der Waals surface area contributed by atoms with Crippen LogP contribution in [0.25, 0.3) is 0 Å². The molecule has 1 aromatic rings. The third-order valence-electron chi connectivity index (χ3n) is 2.11. The van der Waals surface area contributed by atoms with Crippen molar-refractivity contribution in [1.29, 1.82) is 0 Å². The number of hydrogen-bond donors (Lipinski definition) is 3. The van der Waals surface area contributed by atoms with E-state index >= 15 is 0 Å². The fourth-order valence-corrected chi connectivity index (χ4v) is 1.28. The Labute approximate surface area is 89.8 Å². The van der Waals surface area contributed by atoms with Gasteiger partial charge in [0.2, 0.25) is 0 Å². The number of aryl methyl sites for hydroxylation is 1. The van der Waals surface area contributed by atoms with Gasteiger partial charge in [0, 0.05) is 0 Å². The van der Waals surface area contributed by atoms with Gasteiger partial charge in [-0.25, -0.2) is 14.0 Å². The zero-order valence-electron chi connectivity index (χ0n) is 8.27. The van der Waals surface area contributed by atoms with Crippen LogP contribution in [0.5, 0.6) is 0 Å². The summed E-state index contributed by atoms with van der Waals surface area (Å²) in [5, 5.41) is 26.5. The number of aromatic carboxylic acids is 1. The van der Waals surface area contributed by atoms with Gasteiger partial charge in [0.15, 0.2) is 6.10 Å². The maximum Gasteiger partial charge on any atom is 0.338 e. The number of carbonyl (C=O) groups is 2. The molecule has 0 aliphatic carbocycles. The summed E-state index contributed by atoms with van der Waals surface area (Å²) >= 11 is 0. The maximum atomic E-state index is 13.1. The molecule has 0 saturated carbocycles. The van der Waals surface area contributed by atoms with Crippen molar-refractivity contribution in [2.45, 2.75) is 13.0 Å². The Kier molecular flexibility index (Phi) is 3.24. The highest BCUT2D eigenvalue weighted by Gasteiger charge is 2.22. The molecule has 1 unspecified atom stereocenters. The summed E-state index contributed by atoms with van der Waals surface area (Å²) in [5.74, 6) is -4.01. The summed E-state index contributed by atoms with van der Waals surface area (Å²) < 4.78 is 13.1. The number of rotatable bonds is 3. The Morgan fingerprint density at radius 1 is 1.31 bits per heavy atom. The number of aliphatic hydroxyl groups excluding tert-OH is 1. The lowest BCUT2D eigenvalue weighted by Gasteiger charge is -2.10. The van der Waals surface area contributed by atoms with Gasteiger partial charge in [-0.15, -0.1) is 0 Å². The van der Waals surface area contributed by atoms with Gasteiger partial charge in [-0.05, 0) is 30.2 Å². The number of aliphatic hydroxyl groups is 1. The monoisotopic (exact) mass is 228 g/mol. The van der Waals surface area contributed by atoms with Crippen LogP contribution in [0.2, 0.25) is 0 Å². The second-order valence-electron chi connectivity index (χ2n) is 3.23. The summed E-state index contributed by atoms with van der Waals surface area (Å²) in [7, 11) is 0. The average Bonchev–Trinajstić information content (AvgIpc) is 2.16. The minimum Gasteiger partial charge on any atom is -0.479 e. The molecule has 1 rings (SSSR count). The normalized spacial score (nSPS) is 12.2. The first-order valence-electron chi connectivity index (χ1n) is 4.28. The van der Waals surface area contributed by atoms with E-state index in [-0.39, 0.29) is 11.1 Å². The van der Waals surface area contributed by atoms with Crippen LogP contribution in [0.15, 0.2) is 12.1 Å². The zero-order valence-corrected chi connectivity index (χ0v) is 8.27. The quantitative estimate of drug-likeness (QED) is 0.715. The molecule has 0 aromatic heterocycles. The maximum absolute atomic E-state index is 13.1.